The Balaban J connectivity index is 1.42. The molecule has 4 aromatic rings. The Hall–Kier alpha value is -4.40. The predicted octanol–water partition coefficient (Wildman–Crippen LogP) is 6.02. The van der Waals surface area contributed by atoms with Crippen LogP contribution in [0.1, 0.15) is 80.4 Å². The van der Waals surface area contributed by atoms with Crippen LogP contribution in [0, 0.1) is 5.41 Å². The van der Waals surface area contributed by atoms with Crippen molar-refractivity contribution in [2.24, 2.45) is 5.41 Å². The van der Waals surface area contributed by atoms with Crippen molar-refractivity contribution in [3.63, 3.8) is 0 Å². The van der Waals surface area contributed by atoms with Gasteiger partial charge < -0.3 is 19.2 Å². The van der Waals surface area contributed by atoms with Crippen LogP contribution in [0.4, 0.5) is 0 Å². The van der Waals surface area contributed by atoms with Gasteiger partial charge in [-0.1, -0.05) is 49.6 Å². The number of rotatable bonds is 8. The highest BCUT2D eigenvalue weighted by Crippen LogP contribution is 2.36. The zero-order valence-corrected chi connectivity index (χ0v) is 23.6. The van der Waals surface area contributed by atoms with E-state index in [0.717, 1.165) is 49.0 Å². The minimum absolute atomic E-state index is 0.0541. The summed E-state index contributed by atoms with van der Waals surface area (Å²) < 4.78 is 17.3. The zero-order chi connectivity index (χ0) is 29.0. The van der Waals surface area contributed by atoms with Gasteiger partial charge in [0, 0.05) is 11.6 Å². The molecule has 41 heavy (non-hydrogen) atoms. The van der Waals surface area contributed by atoms with Gasteiger partial charge in [-0.05, 0) is 74.9 Å². The minimum Gasteiger partial charge on any atom is -0.489 e. The average Bonchev–Trinajstić information content (AvgIpc) is 3.42. The lowest BCUT2D eigenvalue weighted by Gasteiger charge is -2.23. The molecule has 0 amide bonds. The van der Waals surface area contributed by atoms with Crippen molar-refractivity contribution in [1.29, 1.82) is 0 Å². The lowest BCUT2D eigenvalue weighted by atomic mass is 9.83. The van der Waals surface area contributed by atoms with Crippen molar-refractivity contribution in [2.75, 3.05) is 6.79 Å². The number of carbonyl (C=O) groups excluding carboxylic acids is 2. The van der Waals surface area contributed by atoms with Crippen LogP contribution in [-0.2, 0) is 20.9 Å². The zero-order valence-electron chi connectivity index (χ0n) is 23.6. The van der Waals surface area contributed by atoms with E-state index in [1.54, 1.807) is 20.8 Å². The molecule has 0 aliphatic heterocycles. The van der Waals surface area contributed by atoms with Crippen molar-refractivity contribution < 1.29 is 23.8 Å². The monoisotopic (exact) mass is 557 g/mol. The van der Waals surface area contributed by atoms with Crippen molar-refractivity contribution in [3.05, 3.63) is 87.8 Å². The van der Waals surface area contributed by atoms with Crippen molar-refractivity contribution in [1.82, 2.24) is 14.6 Å². The summed E-state index contributed by atoms with van der Waals surface area (Å²) in [6.45, 7) is 5.04. The molecule has 1 N–H and O–H groups in total. The number of hydrogen-bond donors (Lipinski definition) is 1. The number of hydrogen-bond acceptors (Lipinski definition) is 7. The summed E-state index contributed by atoms with van der Waals surface area (Å²) in [5, 5.41) is 4.25. The van der Waals surface area contributed by atoms with Crippen LogP contribution >= 0.6 is 0 Å². The third kappa shape index (κ3) is 6.51. The van der Waals surface area contributed by atoms with Gasteiger partial charge in [-0.2, -0.15) is 9.61 Å². The van der Waals surface area contributed by atoms with E-state index in [1.807, 2.05) is 54.6 Å². The summed E-state index contributed by atoms with van der Waals surface area (Å²) in [5.41, 5.74) is 2.63. The summed E-state index contributed by atoms with van der Waals surface area (Å²) in [6, 6.07) is 19.1. The Morgan fingerprint density at radius 2 is 1.68 bits per heavy atom. The lowest BCUT2D eigenvalue weighted by Crippen LogP contribution is -2.25. The molecule has 0 radical (unpaired) electrons. The van der Waals surface area contributed by atoms with Gasteiger partial charge in [-0.3, -0.25) is 9.59 Å². The highest BCUT2D eigenvalue weighted by atomic mass is 16.7. The van der Waals surface area contributed by atoms with Gasteiger partial charge in [0.15, 0.2) is 5.69 Å². The topological polar surface area (TPSA) is 112 Å². The van der Waals surface area contributed by atoms with E-state index < -0.39 is 24.1 Å². The fourth-order valence-electron chi connectivity index (χ4n) is 5.02. The number of esters is 2. The van der Waals surface area contributed by atoms with E-state index >= 15 is 0 Å². The minimum atomic E-state index is -0.788. The quantitative estimate of drug-likeness (QED) is 0.208. The fraction of sp³-hybridized carbons (Fsp3) is 0.375. The summed E-state index contributed by atoms with van der Waals surface area (Å²) in [6.07, 6.45) is 5.08. The van der Waals surface area contributed by atoms with E-state index in [-0.39, 0.29) is 17.2 Å². The Kier molecular flexibility index (Phi) is 8.23. The number of carbonyl (C=O) groups is 2. The Morgan fingerprint density at radius 1 is 0.976 bits per heavy atom. The van der Waals surface area contributed by atoms with Gasteiger partial charge >= 0.3 is 11.9 Å². The molecule has 2 aromatic heterocycles. The van der Waals surface area contributed by atoms with Crippen LogP contribution in [0.3, 0.4) is 0 Å². The number of aromatic nitrogens is 3. The molecule has 5 rings (SSSR count). The molecule has 2 aromatic carbocycles. The van der Waals surface area contributed by atoms with Crippen LogP contribution < -0.4 is 10.3 Å². The molecule has 2 heterocycles. The van der Waals surface area contributed by atoms with Crippen molar-refractivity contribution >= 4 is 17.6 Å². The number of benzene rings is 2. The van der Waals surface area contributed by atoms with E-state index in [9.17, 15) is 14.4 Å². The van der Waals surface area contributed by atoms with E-state index in [4.69, 9.17) is 14.2 Å². The number of H-pyrrole nitrogens is 1. The van der Waals surface area contributed by atoms with Crippen LogP contribution in [0.25, 0.3) is 16.9 Å². The average molecular weight is 558 g/mol. The number of nitrogens with zero attached hydrogens (tertiary/aromatic N) is 2. The second kappa shape index (κ2) is 12.0. The third-order valence-corrected chi connectivity index (χ3v) is 7.26. The molecule has 214 valence electrons. The van der Waals surface area contributed by atoms with Gasteiger partial charge in [0.2, 0.25) is 6.79 Å². The largest absolute Gasteiger partial charge is 0.489 e. The summed E-state index contributed by atoms with van der Waals surface area (Å²) in [7, 11) is 0. The summed E-state index contributed by atoms with van der Waals surface area (Å²) in [4.78, 5) is 41.8. The maximum absolute atomic E-state index is 13.8. The summed E-state index contributed by atoms with van der Waals surface area (Å²) in [5.74, 6) is -0.475. The van der Waals surface area contributed by atoms with E-state index in [1.165, 1.54) is 10.6 Å². The predicted molar refractivity (Wildman–Crippen MR) is 154 cm³/mol. The van der Waals surface area contributed by atoms with Crippen LogP contribution in [0.15, 0.2) is 65.5 Å². The molecule has 9 nitrogen and oxygen atoms in total. The van der Waals surface area contributed by atoms with E-state index in [2.05, 4.69) is 10.1 Å². The SMILES string of the molecule is CC(C)(C)C(=O)OCOC(=O)c1cc2[nH]c(-c3ccc(OCc4ccccc4)cc3)c(C3CCCCC3)c(=O)n2n1. The number of fused-ring (bicyclic) bond motifs is 1. The number of nitrogens with one attached hydrogen (secondary N) is 1. The lowest BCUT2D eigenvalue weighted by molar-refractivity contribution is -0.161. The Bertz CT molecular complexity index is 1580. The molecule has 1 aliphatic rings. The molecular formula is C32H35N3O6. The maximum Gasteiger partial charge on any atom is 0.361 e. The fourth-order valence-corrected chi connectivity index (χ4v) is 5.02. The standard InChI is InChI=1S/C32H35N3O6/c1-32(2,3)31(38)41-20-40-30(37)25-18-26-33-28(27(29(36)35(26)34-25)22-12-8-5-9-13-22)23-14-16-24(17-15-23)39-19-21-10-6-4-7-11-21/h4,6-7,10-11,14-18,22,33H,5,8-9,12-13,19-20H2,1-3H3. The van der Waals surface area contributed by atoms with Gasteiger partial charge in [0.25, 0.3) is 5.56 Å². The molecule has 1 saturated carbocycles. The molecule has 0 unspecified atom stereocenters. The maximum atomic E-state index is 13.8. The number of ether oxygens (including phenoxy) is 3. The highest BCUT2D eigenvalue weighted by Gasteiger charge is 2.27. The first-order valence-corrected chi connectivity index (χ1v) is 14.0. The van der Waals surface area contributed by atoms with Crippen LogP contribution in [0.2, 0.25) is 0 Å². The smallest absolute Gasteiger partial charge is 0.361 e. The molecule has 0 spiro atoms. The van der Waals surface area contributed by atoms with Gasteiger partial charge in [-0.25, -0.2) is 4.79 Å². The Labute approximate surface area is 238 Å². The first kappa shape index (κ1) is 28.1. The van der Waals surface area contributed by atoms with Gasteiger partial charge in [0.1, 0.15) is 18.0 Å². The molecular weight excluding hydrogens is 522 g/mol. The molecule has 0 saturated heterocycles. The molecule has 0 bridgehead atoms. The van der Waals surface area contributed by atoms with Crippen molar-refractivity contribution in [2.45, 2.75) is 65.4 Å². The molecule has 1 fully saturated rings. The molecule has 0 atom stereocenters. The Morgan fingerprint density at radius 3 is 2.37 bits per heavy atom. The third-order valence-electron chi connectivity index (χ3n) is 7.26. The highest BCUT2D eigenvalue weighted by molar-refractivity contribution is 5.88. The van der Waals surface area contributed by atoms with E-state index in [0.29, 0.717) is 23.5 Å². The van der Waals surface area contributed by atoms with Crippen LogP contribution in [0.5, 0.6) is 5.75 Å². The molecule has 1 aliphatic carbocycles. The second-order valence-electron chi connectivity index (χ2n) is 11.4. The first-order valence-electron chi connectivity index (χ1n) is 14.0. The summed E-state index contributed by atoms with van der Waals surface area (Å²) >= 11 is 0. The van der Waals surface area contributed by atoms with Crippen LogP contribution in [-0.4, -0.2) is 33.3 Å². The van der Waals surface area contributed by atoms with Gasteiger partial charge in [-0.15, -0.1) is 0 Å². The normalized spacial score (nSPS) is 14.1. The van der Waals surface area contributed by atoms with Crippen molar-refractivity contribution in [3.8, 4) is 17.0 Å². The molecule has 9 heteroatoms. The second-order valence-corrected chi connectivity index (χ2v) is 11.4. The number of aromatic amines is 1. The first-order chi connectivity index (χ1) is 19.7. The van der Waals surface area contributed by atoms with Gasteiger partial charge in [0.05, 0.1) is 11.1 Å².